The van der Waals surface area contributed by atoms with Crippen molar-refractivity contribution in [2.75, 3.05) is 13.7 Å². The van der Waals surface area contributed by atoms with E-state index in [0.717, 1.165) is 11.1 Å². The molecule has 7 aliphatic rings. The van der Waals surface area contributed by atoms with Gasteiger partial charge in [0.05, 0.1) is 42.9 Å². The molecule has 3 aliphatic carbocycles. The summed E-state index contributed by atoms with van der Waals surface area (Å²) in [6.45, 7) is 14.2. The second-order valence-corrected chi connectivity index (χ2v) is 19.0. The summed E-state index contributed by atoms with van der Waals surface area (Å²) in [5.41, 5.74) is -2.94. The van der Waals surface area contributed by atoms with Crippen LogP contribution in [0.5, 0.6) is 17.2 Å². The molecule has 63 heavy (non-hydrogen) atoms. The Hall–Kier alpha value is -4.87. The number of nitriles is 2. The molecule has 3 saturated carbocycles. The van der Waals surface area contributed by atoms with Crippen LogP contribution in [0, 0.1) is 52.3 Å². The third-order valence-electron chi connectivity index (χ3n) is 14.0. The zero-order valence-corrected chi connectivity index (χ0v) is 37.3. The Labute approximate surface area is 367 Å². The smallest absolute Gasteiger partial charge is 0.333 e. The van der Waals surface area contributed by atoms with Crippen LogP contribution in [0.4, 0.5) is 0 Å². The standard InChI is InChI=1S/C48H58N2O13/c1-23(2)11-10-16-46(8)17-15-28-39(61-46)27(13-12-24(3)4)41-33(40(28)60-44-38(55)37(54)35(52)30(22-51)59-44)36(53)34-32(26(20-49)21-50)29-19-31-45(6,7)63-47(42(29)56,48(31,34)62-41)18-14-25(5)43(57)58-9/h11-12,14-15,17,26,29-32,34-35,37-38,44,51-52,54-55H,10,13,16,18-19,22H2,1-9H3/b25-14-/t29?,30-,31?,32?,34?,35-,37+,38-,44+,46?,47?,48?/m0/s1. The van der Waals surface area contributed by atoms with Crippen LogP contribution in [0.25, 0.3) is 6.08 Å². The number of aliphatic hydroxyl groups is 4. The summed E-state index contributed by atoms with van der Waals surface area (Å²) in [4.78, 5) is 44.2. The van der Waals surface area contributed by atoms with Gasteiger partial charge in [-0.1, -0.05) is 29.4 Å². The molecule has 0 amide bonds. The first-order chi connectivity index (χ1) is 29.7. The molecule has 338 valence electrons. The highest BCUT2D eigenvalue weighted by Gasteiger charge is 2.86. The normalized spacial score (nSPS) is 35.6. The van der Waals surface area contributed by atoms with Crippen molar-refractivity contribution in [3.8, 4) is 29.4 Å². The van der Waals surface area contributed by atoms with E-state index >= 15 is 9.59 Å². The monoisotopic (exact) mass is 870 g/mol. The van der Waals surface area contributed by atoms with Crippen molar-refractivity contribution in [3.63, 3.8) is 0 Å². The molecule has 2 saturated heterocycles. The SMILES string of the molecule is COC(=O)/C(C)=C\CC12OC(C)(C)C3CC(C1=O)C(C(C#N)C#N)C1C(=O)c4c(O[C@H]5O[C@@H](CO)[C@H](O)[C@@H](O)[C@@H]5O)c5c(c(CC=C(C)C)c4OC132)OC(C)(CCC=C(C)C)C=C5. The van der Waals surface area contributed by atoms with Crippen LogP contribution in [0.3, 0.4) is 0 Å². The number of ketones is 2. The molecule has 1 spiro atoms. The first-order valence-corrected chi connectivity index (χ1v) is 21.5. The number of ether oxygens (including phenoxy) is 6. The summed E-state index contributed by atoms with van der Waals surface area (Å²) in [5, 5.41) is 63.9. The van der Waals surface area contributed by atoms with Gasteiger partial charge in [-0.25, -0.2) is 4.79 Å². The highest BCUT2D eigenvalue weighted by molar-refractivity contribution is 6.10. The summed E-state index contributed by atoms with van der Waals surface area (Å²) >= 11 is 0. The Balaban J connectivity index is 1.56. The van der Waals surface area contributed by atoms with Crippen molar-refractivity contribution < 1.29 is 63.2 Å². The Morgan fingerprint density at radius 2 is 1.65 bits per heavy atom. The average molecular weight is 871 g/mol. The predicted molar refractivity (Wildman–Crippen MR) is 225 cm³/mol. The molecule has 4 bridgehead atoms. The van der Waals surface area contributed by atoms with Crippen LogP contribution < -0.4 is 14.2 Å². The van der Waals surface area contributed by atoms with Gasteiger partial charge < -0.3 is 48.8 Å². The molecule has 1 aromatic carbocycles. The summed E-state index contributed by atoms with van der Waals surface area (Å²) in [7, 11) is 1.24. The molecule has 0 radical (unpaired) electrons. The molecule has 4 N–H and O–H groups in total. The maximum absolute atomic E-state index is 16.2. The molecule has 4 heterocycles. The van der Waals surface area contributed by atoms with E-state index in [0.29, 0.717) is 18.4 Å². The lowest BCUT2D eigenvalue weighted by Crippen LogP contribution is -2.79. The Bertz CT molecular complexity index is 2280. The van der Waals surface area contributed by atoms with Crippen LogP contribution in [-0.2, 0) is 30.2 Å². The lowest BCUT2D eigenvalue weighted by atomic mass is 9.42. The van der Waals surface area contributed by atoms with E-state index in [-0.39, 0.29) is 53.2 Å². The number of carbonyl (C=O) groups excluding carboxylic acids is 3. The minimum absolute atomic E-state index is 0.00394. The maximum atomic E-state index is 16.2. The first-order valence-electron chi connectivity index (χ1n) is 21.5. The summed E-state index contributed by atoms with van der Waals surface area (Å²) < 4.78 is 38.8. The van der Waals surface area contributed by atoms with Gasteiger partial charge in [-0.2, -0.15) is 10.5 Å². The number of fused-ring (bicyclic) bond motifs is 2. The van der Waals surface area contributed by atoms with Crippen LogP contribution in [0.1, 0.15) is 103 Å². The maximum Gasteiger partial charge on any atom is 0.333 e. The van der Waals surface area contributed by atoms with Gasteiger partial charge in [0.25, 0.3) is 0 Å². The number of allylic oxidation sites excluding steroid dienone is 4. The summed E-state index contributed by atoms with van der Waals surface area (Å²) in [6, 6.07) is 4.11. The Kier molecular flexibility index (Phi) is 12.2. The zero-order chi connectivity index (χ0) is 46.1. The molecule has 15 heteroatoms. The number of aliphatic hydroxyl groups excluding tert-OH is 4. The number of nitrogens with zero attached hydrogens (tertiary/aromatic N) is 2. The van der Waals surface area contributed by atoms with E-state index in [1.165, 1.54) is 13.2 Å². The van der Waals surface area contributed by atoms with Crippen LogP contribution in [-0.4, -0.2) is 105 Å². The Morgan fingerprint density at radius 1 is 0.968 bits per heavy atom. The fraction of sp³-hybridized carbons (Fsp3) is 0.604. The minimum atomic E-state index is -1.90. The second-order valence-electron chi connectivity index (χ2n) is 19.0. The van der Waals surface area contributed by atoms with Crippen molar-refractivity contribution >= 4 is 23.6 Å². The van der Waals surface area contributed by atoms with Gasteiger partial charge >= 0.3 is 5.97 Å². The molecular weight excluding hydrogens is 813 g/mol. The van der Waals surface area contributed by atoms with E-state index in [2.05, 4.69) is 18.2 Å². The Morgan fingerprint density at radius 3 is 2.27 bits per heavy atom. The largest absolute Gasteiger partial charge is 0.482 e. The molecule has 5 fully saturated rings. The summed E-state index contributed by atoms with van der Waals surface area (Å²) in [5.74, 6) is -7.23. The number of esters is 1. The lowest BCUT2D eigenvalue weighted by molar-refractivity contribution is -0.277. The van der Waals surface area contributed by atoms with Gasteiger partial charge in [0, 0.05) is 35.3 Å². The van der Waals surface area contributed by atoms with Crippen molar-refractivity contribution in [3.05, 3.63) is 57.7 Å². The molecule has 8 rings (SSSR count). The van der Waals surface area contributed by atoms with E-state index in [4.69, 9.17) is 28.4 Å². The number of hydrogen-bond donors (Lipinski definition) is 4. The van der Waals surface area contributed by atoms with E-state index < -0.39 is 107 Å². The topological polar surface area (TPSA) is 235 Å². The van der Waals surface area contributed by atoms with Gasteiger partial charge in [0.2, 0.25) is 6.29 Å². The third-order valence-corrected chi connectivity index (χ3v) is 14.0. The van der Waals surface area contributed by atoms with Crippen molar-refractivity contribution in [1.82, 2.24) is 0 Å². The van der Waals surface area contributed by atoms with Crippen molar-refractivity contribution in [2.24, 2.45) is 29.6 Å². The minimum Gasteiger partial charge on any atom is -0.482 e. The van der Waals surface area contributed by atoms with E-state index in [1.807, 2.05) is 60.6 Å². The quantitative estimate of drug-likeness (QED) is 0.126. The number of carbonyl (C=O) groups is 3. The van der Waals surface area contributed by atoms with Crippen LogP contribution >= 0.6 is 0 Å². The number of hydrogen-bond acceptors (Lipinski definition) is 15. The van der Waals surface area contributed by atoms with Gasteiger partial charge in [-0.3, -0.25) is 9.59 Å². The van der Waals surface area contributed by atoms with Crippen molar-refractivity contribution in [2.45, 2.75) is 141 Å². The number of Topliss-reactive ketones (excluding diaryl/α,β-unsaturated/α-hetero) is 2. The number of rotatable bonds is 12. The summed E-state index contributed by atoms with van der Waals surface area (Å²) in [6.07, 6.45) is 1.98. The molecule has 0 aromatic heterocycles. The third kappa shape index (κ3) is 7.12. The van der Waals surface area contributed by atoms with E-state index in [1.54, 1.807) is 13.0 Å². The van der Waals surface area contributed by atoms with Gasteiger partial charge in [-0.15, -0.1) is 0 Å². The predicted octanol–water partition coefficient (Wildman–Crippen LogP) is 4.77. The number of methoxy groups -OCH3 is 1. The highest BCUT2D eigenvalue weighted by atomic mass is 16.7. The number of benzene rings is 1. The van der Waals surface area contributed by atoms with Gasteiger partial charge in [0.15, 0.2) is 22.8 Å². The zero-order valence-electron chi connectivity index (χ0n) is 37.3. The van der Waals surface area contributed by atoms with Crippen molar-refractivity contribution in [1.29, 1.82) is 10.5 Å². The molecular formula is C48H58N2O13. The van der Waals surface area contributed by atoms with E-state index in [9.17, 15) is 35.7 Å². The van der Waals surface area contributed by atoms with Crippen LogP contribution in [0.2, 0.25) is 0 Å². The molecule has 12 atom stereocenters. The second kappa shape index (κ2) is 16.6. The van der Waals surface area contributed by atoms with Crippen LogP contribution in [0.15, 0.2) is 41.0 Å². The average Bonchev–Trinajstić information content (AvgIpc) is 3.38. The fourth-order valence-electron chi connectivity index (χ4n) is 11.0. The molecule has 1 aromatic rings. The first kappa shape index (κ1) is 46.1. The molecule has 7 unspecified atom stereocenters. The molecule has 15 nitrogen and oxygen atoms in total. The fourth-order valence-corrected chi connectivity index (χ4v) is 11.0. The van der Waals surface area contributed by atoms with Gasteiger partial charge in [0.1, 0.15) is 58.7 Å². The van der Waals surface area contributed by atoms with Gasteiger partial charge in [-0.05, 0) is 93.2 Å². The highest BCUT2D eigenvalue weighted by Crippen LogP contribution is 2.72. The molecule has 4 aliphatic heterocycles. The lowest BCUT2D eigenvalue weighted by Gasteiger charge is -2.63.